The molecule has 2 nitrogen and oxygen atoms in total. The van der Waals surface area contributed by atoms with E-state index in [-0.39, 0.29) is 40.6 Å². The first-order valence-electron chi connectivity index (χ1n) is 2.08. The van der Waals surface area contributed by atoms with E-state index in [1.54, 1.807) is 12.1 Å². The summed E-state index contributed by atoms with van der Waals surface area (Å²) in [4.78, 5) is 3.38. The van der Waals surface area contributed by atoms with Gasteiger partial charge in [0, 0.05) is 0 Å². The van der Waals surface area contributed by atoms with Gasteiger partial charge in [0.05, 0.1) is 0 Å². The molecule has 0 aliphatic rings. The van der Waals surface area contributed by atoms with Crippen molar-refractivity contribution in [2.24, 2.45) is 0 Å². The van der Waals surface area contributed by atoms with E-state index in [1.807, 2.05) is 0 Å². The average Bonchev–Trinajstić information content (AvgIpc) is 1.64. The fourth-order valence-electron chi connectivity index (χ4n) is 0.390. The van der Waals surface area contributed by atoms with E-state index in [0.29, 0.717) is 0 Å². The van der Waals surface area contributed by atoms with E-state index < -0.39 is 0 Å². The number of nitrogens with zero attached hydrogens (tertiary/aromatic N) is 1. The van der Waals surface area contributed by atoms with Crippen molar-refractivity contribution in [3.8, 4) is 5.88 Å². The first-order chi connectivity index (χ1) is 3.79. The molecule has 1 heterocycles. The molecule has 1 aromatic rings. The molecule has 0 atom stereocenters. The van der Waals surface area contributed by atoms with Crippen LogP contribution in [0.3, 0.4) is 0 Å². The maximum absolute atomic E-state index is 10.3. The third-order valence-electron chi connectivity index (χ3n) is 0.690. The van der Waals surface area contributed by atoms with E-state index in [1.165, 1.54) is 6.07 Å². The Kier molecular flexibility index (Phi) is 4.23. The van der Waals surface area contributed by atoms with Crippen LogP contribution < -0.4 is 34.7 Å². The number of pyridine rings is 1. The molecule has 0 radical (unpaired) electrons. The minimum absolute atomic E-state index is 0. The molecule has 9 heavy (non-hydrogen) atoms. The number of hydrogen-bond acceptors (Lipinski definition) is 2. The second-order valence-electron chi connectivity index (χ2n) is 1.30. The van der Waals surface area contributed by atoms with Crippen LogP contribution in [-0.2, 0) is 0 Å². The van der Waals surface area contributed by atoms with Gasteiger partial charge in [-0.05, 0) is 11.9 Å². The van der Waals surface area contributed by atoms with Crippen LogP contribution in [0.25, 0.3) is 0 Å². The number of aromatic nitrogens is 1. The zero-order valence-corrected chi connectivity index (χ0v) is 7.72. The van der Waals surface area contributed by atoms with E-state index >= 15 is 0 Å². The van der Waals surface area contributed by atoms with Gasteiger partial charge in [0.2, 0.25) is 0 Å². The molecule has 0 aliphatic heterocycles. The molecule has 0 saturated heterocycles. The topological polar surface area (TPSA) is 36.0 Å². The van der Waals surface area contributed by atoms with E-state index in [9.17, 15) is 5.11 Å². The van der Waals surface area contributed by atoms with Crippen LogP contribution >= 0.6 is 11.6 Å². The Labute approximate surface area is 80.2 Å². The summed E-state index contributed by atoms with van der Waals surface area (Å²) in [6, 6.07) is 4.48. The fraction of sp³-hybridized carbons (Fsp3) is 0. The SMILES string of the molecule is [Na+].[O-]c1cccc(Cl)n1. The monoisotopic (exact) mass is 151 g/mol. The summed E-state index contributed by atoms with van der Waals surface area (Å²) in [6.07, 6.45) is 0. The van der Waals surface area contributed by atoms with Gasteiger partial charge in [0.1, 0.15) is 5.15 Å². The van der Waals surface area contributed by atoms with Crippen molar-refractivity contribution >= 4 is 11.6 Å². The minimum atomic E-state index is -0.294. The van der Waals surface area contributed by atoms with Crippen LogP contribution in [0, 0.1) is 0 Å². The minimum Gasteiger partial charge on any atom is -0.859 e. The molecule has 0 spiro atoms. The molecule has 1 aromatic heterocycles. The first-order valence-corrected chi connectivity index (χ1v) is 2.46. The largest absolute Gasteiger partial charge is 1.00 e. The Balaban J connectivity index is 0.000000640. The van der Waals surface area contributed by atoms with Gasteiger partial charge in [-0.1, -0.05) is 23.7 Å². The van der Waals surface area contributed by atoms with Gasteiger partial charge in [-0.25, -0.2) is 0 Å². The maximum atomic E-state index is 10.3. The van der Waals surface area contributed by atoms with Crippen LogP contribution in [-0.4, -0.2) is 4.98 Å². The standard InChI is InChI=1S/C5H4ClNO.Na/c6-4-2-1-3-5(8)7-4;/h1-3H,(H,7,8);/q;+1/p-1. The van der Waals surface area contributed by atoms with Crippen molar-refractivity contribution in [2.75, 3.05) is 0 Å². The van der Waals surface area contributed by atoms with Crippen LogP contribution in [0.5, 0.6) is 5.88 Å². The molecule has 0 aliphatic carbocycles. The maximum Gasteiger partial charge on any atom is 1.00 e. The van der Waals surface area contributed by atoms with Gasteiger partial charge in [0.15, 0.2) is 0 Å². The molecule has 0 bridgehead atoms. The van der Waals surface area contributed by atoms with Gasteiger partial charge in [-0.3, -0.25) is 4.98 Å². The van der Waals surface area contributed by atoms with Crippen LogP contribution in [0.1, 0.15) is 0 Å². The van der Waals surface area contributed by atoms with Crippen LogP contribution in [0.2, 0.25) is 5.15 Å². The molecule has 0 aromatic carbocycles. The fourth-order valence-corrected chi connectivity index (χ4v) is 0.546. The molecule has 0 unspecified atom stereocenters. The predicted octanol–water partition coefficient (Wildman–Crippen LogP) is -2.19. The Morgan fingerprint density at radius 1 is 1.44 bits per heavy atom. The molecular formula is C5H3ClNNaO. The molecular weight excluding hydrogens is 149 g/mol. The van der Waals surface area contributed by atoms with Crippen molar-refractivity contribution in [2.45, 2.75) is 0 Å². The van der Waals surface area contributed by atoms with Gasteiger partial charge >= 0.3 is 29.6 Å². The summed E-state index contributed by atoms with van der Waals surface area (Å²) in [5, 5.41) is 10.5. The molecule has 0 amide bonds. The molecule has 1 rings (SSSR count). The van der Waals surface area contributed by atoms with E-state index in [0.717, 1.165) is 0 Å². The second-order valence-corrected chi connectivity index (χ2v) is 1.69. The summed E-state index contributed by atoms with van der Waals surface area (Å²) >= 11 is 5.33. The van der Waals surface area contributed by atoms with E-state index in [4.69, 9.17) is 11.6 Å². The quantitative estimate of drug-likeness (QED) is 0.312. The zero-order valence-electron chi connectivity index (χ0n) is 4.97. The van der Waals surface area contributed by atoms with Crippen molar-refractivity contribution in [3.63, 3.8) is 0 Å². The molecule has 42 valence electrons. The summed E-state index contributed by atoms with van der Waals surface area (Å²) in [7, 11) is 0. The van der Waals surface area contributed by atoms with Crippen molar-refractivity contribution in [1.29, 1.82) is 0 Å². The Hall–Kier alpha value is 0.240. The molecule has 0 saturated carbocycles. The predicted molar refractivity (Wildman–Crippen MR) is 28.7 cm³/mol. The first kappa shape index (κ1) is 9.24. The van der Waals surface area contributed by atoms with Gasteiger partial charge in [-0.2, -0.15) is 0 Å². The van der Waals surface area contributed by atoms with Gasteiger partial charge < -0.3 is 5.11 Å². The van der Waals surface area contributed by atoms with Crippen molar-refractivity contribution < 1.29 is 34.7 Å². The third-order valence-corrected chi connectivity index (χ3v) is 0.900. The van der Waals surface area contributed by atoms with E-state index in [2.05, 4.69) is 4.98 Å². The Morgan fingerprint density at radius 3 is 2.44 bits per heavy atom. The normalized spacial score (nSPS) is 8.11. The zero-order chi connectivity index (χ0) is 5.98. The summed E-state index contributed by atoms with van der Waals surface area (Å²) in [5.41, 5.74) is 0. The Bertz CT molecular complexity index is 177. The smallest absolute Gasteiger partial charge is 0.859 e. The molecule has 0 fully saturated rings. The summed E-state index contributed by atoms with van der Waals surface area (Å²) in [6.45, 7) is 0. The Morgan fingerprint density at radius 2 is 2.11 bits per heavy atom. The molecule has 4 heteroatoms. The van der Waals surface area contributed by atoms with Crippen molar-refractivity contribution in [3.05, 3.63) is 23.4 Å². The number of halogens is 1. The second kappa shape index (κ2) is 4.12. The summed E-state index contributed by atoms with van der Waals surface area (Å²) < 4.78 is 0. The number of rotatable bonds is 0. The van der Waals surface area contributed by atoms with Crippen molar-refractivity contribution in [1.82, 2.24) is 4.98 Å². The summed E-state index contributed by atoms with van der Waals surface area (Å²) in [5.74, 6) is -0.294. The van der Waals surface area contributed by atoms with Crippen LogP contribution in [0.15, 0.2) is 18.2 Å². The average molecular weight is 152 g/mol. The van der Waals surface area contributed by atoms with Gasteiger partial charge in [-0.15, -0.1) is 0 Å². The van der Waals surface area contributed by atoms with Crippen LogP contribution in [0.4, 0.5) is 0 Å². The third kappa shape index (κ3) is 3.06. The van der Waals surface area contributed by atoms with Gasteiger partial charge in [0.25, 0.3) is 0 Å². The molecule has 0 N–H and O–H groups in total. The number of hydrogen-bond donors (Lipinski definition) is 0.